The summed E-state index contributed by atoms with van der Waals surface area (Å²) in [7, 11) is 0. The Kier molecular flexibility index (Phi) is 6.53. The molecule has 0 amide bonds. The first-order chi connectivity index (χ1) is 7.54. The fraction of sp³-hybridized carbons (Fsp3) is 0.364. The SMILES string of the molecule is CCOC(=O)C[C@H](N)c1cc(F)ccc1O.Cl. The van der Waals surface area contributed by atoms with E-state index in [0.717, 1.165) is 12.1 Å². The van der Waals surface area contributed by atoms with Crippen molar-refractivity contribution in [3.8, 4) is 5.75 Å². The van der Waals surface area contributed by atoms with Gasteiger partial charge in [0.25, 0.3) is 0 Å². The van der Waals surface area contributed by atoms with E-state index >= 15 is 0 Å². The Morgan fingerprint density at radius 3 is 2.82 bits per heavy atom. The molecular weight excluding hydrogens is 249 g/mol. The Morgan fingerprint density at radius 1 is 1.59 bits per heavy atom. The first-order valence-electron chi connectivity index (χ1n) is 4.94. The van der Waals surface area contributed by atoms with Crippen LogP contribution in [0, 0.1) is 5.82 Å². The van der Waals surface area contributed by atoms with Gasteiger partial charge in [0, 0.05) is 11.6 Å². The third-order valence-corrected chi connectivity index (χ3v) is 2.08. The summed E-state index contributed by atoms with van der Waals surface area (Å²) in [6.07, 6.45) is -0.0924. The van der Waals surface area contributed by atoms with Crippen LogP contribution in [-0.2, 0) is 9.53 Å². The van der Waals surface area contributed by atoms with Crippen molar-refractivity contribution in [1.29, 1.82) is 0 Å². The van der Waals surface area contributed by atoms with Gasteiger partial charge in [0.2, 0.25) is 0 Å². The van der Waals surface area contributed by atoms with Gasteiger partial charge in [0.1, 0.15) is 11.6 Å². The van der Waals surface area contributed by atoms with Crippen LogP contribution < -0.4 is 5.73 Å². The molecule has 0 spiro atoms. The molecule has 0 aliphatic carbocycles. The van der Waals surface area contributed by atoms with Crippen molar-refractivity contribution in [2.24, 2.45) is 5.73 Å². The zero-order valence-corrected chi connectivity index (χ0v) is 10.2. The van der Waals surface area contributed by atoms with Gasteiger partial charge in [-0.25, -0.2) is 4.39 Å². The highest BCUT2D eigenvalue weighted by Gasteiger charge is 2.16. The summed E-state index contributed by atoms with van der Waals surface area (Å²) < 4.78 is 17.6. The van der Waals surface area contributed by atoms with Gasteiger partial charge in [-0.1, -0.05) is 0 Å². The van der Waals surface area contributed by atoms with Crippen LogP contribution in [0.1, 0.15) is 24.9 Å². The van der Waals surface area contributed by atoms with E-state index in [1.54, 1.807) is 6.92 Å². The Balaban J connectivity index is 0.00000256. The van der Waals surface area contributed by atoms with Crippen LogP contribution in [0.15, 0.2) is 18.2 Å². The van der Waals surface area contributed by atoms with Crippen LogP contribution in [0.2, 0.25) is 0 Å². The van der Waals surface area contributed by atoms with Gasteiger partial charge in [0.05, 0.1) is 13.0 Å². The van der Waals surface area contributed by atoms with Gasteiger partial charge in [0.15, 0.2) is 0 Å². The van der Waals surface area contributed by atoms with Gasteiger partial charge in [-0.2, -0.15) is 0 Å². The fourth-order valence-electron chi connectivity index (χ4n) is 1.33. The lowest BCUT2D eigenvalue weighted by Gasteiger charge is -2.12. The summed E-state index contributed by atoms with van der Waals surface area (Å²) in [4.78, 5) is 11.1. The molecule has 1 rings (SSSR count). The van der Waals surface area contributed by atoms with E-state index in [1.807, 2.05) is 0 Å². The Bertz CT molecular complexity index is 387. The number of hydrogen-bond acceptors (Lipinski definition) is 4. The number of esters is 1. The summed E-state index contributed by atoms with van der Waals surface area (Å²) in [5.74, 6) is -1.11. The molecule has 1 atom stereocenters. The van der Waals surface area contributed by atoms with E-state index in [2.05, 4.69) is 0 Å². The predicted octanol–water partition coefficient (Wildman–Crippen LogP) is 1.91. The van der Waals surface area contributed by atoms with Crippen LogP contribution in [-0.4, -0.2) is 17.7 Å². The topological polar surface area (TPSA) is 72.5 Å². The fourth-order valence-corrected chi connectivity index (χ4v) is 1.33. The van der Waals surface area contributed by atoms with Crippen molar-refractivity contribution in [3.05, 3.63) is 29.6 Å². The number of phenolic OH excluding ortho intramolecular Hbond substituents is 1. The van der Waals surface area contributed by atoms with Crippen LogP contribution in [0.25, 0.3) is 0 Å². The third kappa shape index (κ3) is 4.58. The normalized spacial score (nSPS) is 11.5. The molecular formula is C11H15ClFNO3. The second-order valence-corrected chi connectivity index (χ2v) is 3.32. The van der Waals surface area contributed by atoms with Crippen LogP contribution in [0.5, 0.6) is 5.75 Å². The van der Waals surface area contributed by atoms with Crippen molar-refractivity contribution in [2.45, 2.75) is 19.4 Å². The van der Waals surface area contributed by atoms with Crippen molar-refractivity contribution in [3.63, 3.8) is 0 Å². The van der Waals surface area contributed by atoms with Gasteiger partial charge in [-0.3, -0.25) is 4.79 Å². The molecule has 6 heteroatoms. The van der Waals surface area contributed by atoms with Crippen molar-refractivity contribution in [1.82, 2.24) is 0 Å². The summed E-state index contributed by atoms with van der Waals surface area (Å²) in [5, 5.41) is 9.45. The van der Waals surface area contributed by atoms with Crippen molar-refractivity contribution < 1.29 is 19.0 Å². The Labute approximate surface area is 105 Å². The minimum Gasteiger partial charge on any atom is -0.508 e. The average molecular weight is 264 g/mol. The highest BCUT2D eigenvalue weighted by Crippen LogP contribution is 2.25. The minimum absolute atomic E-state index is 0. The maximum absolute atomic E-state index is 12.9. The van der Waals surface area contributed by atoms with Crippen LogP contribution in [0.3, 0.4) is 0 Å². The molecule has 0 bridgehead atoms. The number of aromatic hydroxyl groups is 1. The monoisotopic (exact) mass is 263 g/mol. The number of carbonyl (C=O) groups is 1. The third-order valence-electron chi connectivity index (χ3n) is 2.08. The zero-order valence-electron chi connectivity index (χ0n) is 9.35. The minimum atomic E-state index is -0.769. The molecule has 1 aromatic rings. The predicted molar refractivity (Wildman–Crippen MR) is 63.5 cm³/mol. The van der Waals surface area contributed by atoms with Crippen LogP contribution in [0.4, 0.5) is 4.39 Å². The molecule has 0 saturated heterocycles. The number of carbonyl (C=O) groups excluding carboxylic acids is 1. The number of rotatable bonds is 4. The lowest BCUT2D eigenvalue weighted by Crippen LogP contribution is -2.17. The molecule has 0 aliphatic rings. The maximum atomic E-state index is 12.9. The summed E-state index contributed by atoms with van der Waals surface area (Å²) >= 11 is 0. The highest BCUT2D eigenvalue weighted by atomic mass is 35.5. The van der Waals surface area contributed by atoms with Crippen molar-refractivity contribution >= 4 is 18.4 Å². The number of ether oxygens (including phenoxy) is 1. The molecule has 0 saturated carbocycles. The lowest BCUT2D eigenvalue weighted by atomic mass is 10.0. The maximum Gasteiger partial charge on any atom is 0.307 e. The molecule has 0 radical (unpaired) electrons. The van der Waals surface area contributed by atoms with E-state index < -0.39 is 17.8 Å². The molecule has 0 fully saturated rings. The molecule has 0 heterocycles. The molecule has 96 valence electrons. The zero-order chi connectivity index (χ0) is 12.1. The van der Waals surface area contributed by atoms with E-state index in [0.29, 0.717) is 0 Å². The first-order valence-corrected chi connectivity index (χ1v) is 4.94. The van der Waals surface area contributed by atoms with E-state index in [1.165, 1.54) is 6.07 Å². The molecule has 0 aliphatic heterocycles. The van der Waals surface area contributed by atoms with Gasteiger partial charge >= 0.3 is 5.97 Å². The second-order valence-electron chi connectivity index (χ2n) is 3.32. The Hall–Kier alpha value is -1.33. The number of phenols is 1. The summed E-state index contributed by atoms with van der Waals surface area (Å²) in [5.41, 5.74) is 5.87. The Morgan fingerprint density at radius 2 is 2.24 bits per heavy atom. The van der Waals surface area contributed by atoms with Crippen LogP contribution >= 0.6 is 12.4 Å². The number of benzene rings is 1. The van der Waals surface area contributed by atoms with E-state index in [9.17, 15) is 14.3 Å². The smallest absolute Gasteiger partial charge is 0.307 e. The molecule has 17 heavy (non-hydrogen) atoms. The quantitative estimate of drug-likeness (QED) is 0.814. The molecule has 3 N–H and O–H groups in total. The van der Waals surface area contributed by atoms with Gasteiger partial charge < -0.3 is 15.6 Å². The summed E-state index contributed by atoms with van der Waals surface area (Å²) in [6.45, 7) is 1.95. The number of nitrogens with two attached hydrogens (primary N) is 1. The largest absolute Gasteiger partial charge is 0.508 e. The van der Waals surface area contributed by atoms with E-state index in [-0.39, 0.29) is 36.7 Å². The summed E-state index contributed by atoms with van der Waals surface area (Å²) in [6, 6.07) is 2.67. The standard InChI is InChI=1S/C11H14FNO3.ClH/c1-2-16-11(15)6-9(13)8-5-7(12)3-4-10(8)14;/h3-5,9,14H,2,6,13H2,1H3;1H/t9-;/m0./s1. The second kappa shape index (κ2) is 7.09. The van der Waals surface area contributed by atoms with Gasteiger partial charge in [-0.05, 0) is 25.1 Å². The number of halogens is 2. The molecule has 0 unspecified atom stereocenters. The molecule has 1 aromatic carbocycles. The highest BCUT2D eigenvalue weighted by molar-refractivity contribution is 5.85. The molecule has 0 aromatic heterocycles. The average Bonchev–Trinajstić information content (AvgIpc) is 2.21. The molecule has 4 nitrogen and oxygen atoms in total. The number of hydrogen-bond donors (Lipinski definition) is 2. The van der Waals surface area contributed by atoms with E-state index in [4.69, 9.17) is 10.5 Å². The van der Waals surface area contributed by atoms with Gasteiger partial charge in [-0.15, -0.1) is 12.4 Å². The first kappa shape index (κ1) is 15.7. The lowest BCUT2D eigenvalue weighted by molar-refractivity contribution is -0.143. The van der Waals surface area contributed by atoms with Crippen molar-refractivity contribution in [2.75, 3.05) is 6.61 Å².